The Morgan fingerprint density at radius 1 is 0.457 bits per heavy atom. The summed E-state index contributed by atoms with van der Waals surface area (Å²) in [5.74, 6) is -4.11. The molecule has 0 saturated heterocycles. The quantitative estimate of drug-likeness (QED) is 0.0496. The molecule has 0 spiro atoms. The van der Waals surface area contributed by atoms with Gasteiger partial charge in [0.1, 0.15) is 0 Å². The first-order valence-electron chi connectivity index (χ1n) is 14.5. The summed E-state index contributed by atoms with van der Waals surface area (Å²) < 4.78 is 0. The van der Waals surface area contributed by atoms with Gasteiger partial charge in [0.05, 0.1) is 0 Å². The predicted octanol–water partition coefficient (Wildman–Crippen LogP) is -3.22. The largest absolute Gasteiger partial charge is 1.00 e. The second-order valence-corrected chi connectivity index (χ2v) is 11.3. The van der Waals surface area contributed by atoms with Gasteiger partial charge in [0, 0.05) is 58.1 Å². The van der Waals surface area contributed by atoms with Crippen LogP contribution in [0.25, 0.3) is 43.1 Å². The summed E-state index contributed by atoms with van der Waals surface area (Å²) in [5, 5.41) is 27.3. The van der Waals surface area contributed by atoms with Crippen LogP contribution in [0.5, 0.6) is 0 Å². The van der Waals surface area contributed by atoms with Gasteiger partial charge < -0.3 is 19.8 Å². The summed E-state index contributed by atoms with van der Waals surface area (Å²) in [5.41, 5.74) is 1.53. The second kappa shape index (κ2) is 13.8. The number of hydrogen-bond acceptors (Lipinski definition) is 8. The van der Waals surface area contributed by atoms with E-state index in [9.17, 15) is 39.0 Å². The smallest absolute Gasteiger partial charge is 0.550 e. The van der Waals surface area contributed by atoms with Gasteiger partial charge >= 0.3 is 103 Å². The Kier molecular flexibility index (Phi) is 10.6. The molecule has 2 aliphatic heterocycles. The predicted molar refractivity (Wildman–Crippen MR) is 156 cm³/mol. The molecule has 220 valence electrons. The molecule has 46 heavy (non-hydrogen) atoms. The zero-order valence-corrected chi connectivity index (χ0v) is 31.7. The molecule has 0 N–H and O–H groups in total. The third-order valence-electron chi connectivity index (χ3n) is 8.83. The van der Waals surface area contributed by atoms with E-state index in [1.165, 1.54) is 0 Å². The van der Waals surface area contributed by atoms with E-state index in [0.717, 1.165) is 42.1 Å². The minimum atomic E-state index is -1.18. The van der Waals surface area contributed by atoms with Crippen molar-refractivity contribution in [2.45, 2.75) is 38.5 Å². The van der Waals surface area contributed by atoms with Crippen LogP contribution < -0.4 is 113 Å². The van der Waals surface area contributed by atoms with Crippen LogP contribution in [0.3, 0.4) is 0 Å². The van der Waals surface area contributed by atoms with Crippen LogP contribution in [0.4, 0.5) is 0 Å². The van der Waals surface area contributed by atoms with E-state index in [1.807, 2.05) is 24.3 Å². The molecule has 0 aliphatic carbocycles. The van der Waals surface area contributed by atoms with E-state index < -0.39 is 35.6 Å². The fourth-order valence-corrected chi connectivity index (χ4v) is 6.85. The number of hydrogen-bond donors (Lipinski definition) is 0. The molecule has 0 radical (unpaired) electrons. The molecule has 5 aromatic carbocycles. The molecule has 0 bridgehead atoms. The SMILES string of the molecule is O=C([O-])CCCCN1C(=O)c2ccc3c4ccc5c6c(ccc(c7ccc(c2c37)C1=O)c64)C(=O)N(CCCCC(=O)[O-])C5=O.[K+].[K+]. The van der Waals surface area contributed by atoms with Crippen LogP contribution >= 0.6 is 0 Å². The average molecular weight is 667 g/mol. The first-order chi connectivity index (χ1) is 21.2. The normalized spacial score (nSPS) is 14.0. The molecule has 10 nitrogen and oxygen atoms in total. The molecule has 0 unspecified atom stereocenters. The van der Waals surface area contributed by atoms with Gasteiger partial charge in [-0.1, -0.05) is 24.3 Å². The zero-order chi connectivity index (χ0) is 30.9. The van der Waals surface area contributed by atoms with E-state index >= 15 is 0 Å². The summed E-state index contributed by atoms with van der Waals surface area (Å²) in [7, 11) is 0. The van der Waals surface area contributed by atoms with Crippen molar-refractivity contribution in [2.75, 3.05) is 13.1 Å². The summed E-state index contributed by atoms with van der Waals surface area (Å²) in [6.45, 7) is 0.192. The number of benzene rings is 5. The van der Waals surface area contributed by atoms with Crippen molar-refractivity contribution in [3.05, 3.63) is 70.8 Å². The molecule has 0 saturated carbocycles. The van der Waals surface area contributed by atoms with E-state index in [-0.39, 0.29) is 142 Å². The fourth-order valence-electron chi connectivity index (χ4n) is 6.85. The number of fused-ring (bicyclic) bond motifs is 2. The van der Waals surface area contributed by atoms with E-state index in [0.29, 0.717) is 45.9 Å². The Hall–Kier alpha value is -2.11. The van der Waals surface area contributed by atoms with Gasteiger partial charge in [-0.25, -0.2) is 0 Å². The number of amides is 4. The van der Waals surface area contributed by atoms with Crippen molar-refractivity contribution in [3.8, 4) is 0 Å². The number of carbonyl (C=O) groups is 6. The summed E-state index contributed by atoms with van der Waals surface area (Å²) >= 11 is 0. The Bertz CT molecular complexity index is 1870. The number of aliphatic carboxylic acids is 2. The van der Waals surface area contributed by atoms with Crippen molar-refractivity contribution in [1.82, 2.24) is 9.80 Å². The fraction of sp³-hybridized carbons (Fsp3) is 0.235. The molecule has 7 rings (SSSR count). The van der Waals surface area contributed by atoms with Crippen LogP contribution in [-0.4, -0.2) is 58.5 Å². The number of unbranched alkanes of at least 4 members (excludes halogenated alkanes) is 2. The van der Waals surface area contributed by atoms with Crippen LogP contribution in [0, 0.1) is 0 Å². The molecule has 0 fully saturated rings. The van der Waals surface area contributed by atoms with Crippen LogP contribution in [0.2, 0.25) is 0 Å². The third kappa shape index (κ3) is 5.60. The van der Waals surface area contributed by atoms with Gasteiger partial charge in [-0.05, 0) is 95.1 Å². The first kappa shape index (κ1) is 35.2. The van der Waals surface area contributed by atoms with Crippen molar-refractivity contribution in [3.63, 3.8) is 0 Å². The Morgan fingerprint density at radius 3 is 1.00 bits per heavy atom. The van der Waals surface area contributed by atoms with Gasteiger partial charge in [0.25, 0.3) is 23.6 Å². The molecule has 0 aromatic heterocycles. The maximum Gasteiger partial charge on any atom is 1.00 e. The van der Waals surface area contributed by atoms with Gasteiger partial charge in [0.2, 0.25) is 0 Å². The number of nitrogens with zero attached hydrogens (tertiary/aromatic N) is 2. The van der Waals surface area contributed by atoms with Gasteiger partial charge in [0.15, 0.2) is 0 Å². The molecule has 2 heterocycles. The second-order valence-electron chi connectivity index (χ2n) is 11.3. The summed E-state index contributed by atoms with van der Waals surface area (Å²) in [6, 6.07) is 14.1. The summed E-state index contributed by atoms with van der Waals surface area (Å²) in [6.07, 6.45) is 0.960. The Morgan fingerprint density at radius 2 is 0.739 bits per heavy atom. The van der Waals surface area contributed by atoms with Crippen LogP contribution in [0.1, 0.15) is 80.0 Å². The van der Waals surface area contributed by atoms with Gasteiger partial charge in [-0.3, -0.25) is 29.0 Å². The molecule has 5 aromatic rings. The zero-order valence-electron chi connectivity index (χ0n) is 25.4. The number of carbonyl (C=O) groups excluding carboxylic acids is 6. The molecular formula is C34H24K2N2O8. The molecule has 4 amide bonds. The van der Waals surface area contributed by atoms with Crippen molar-refractivity contribution in [2.24, 2.45) is 0 Å². The molecule has 12 heteroatoms. The van der Waals surface area contributed by atoms with E-state index in [4.69, 9.17) is 0 Å². The Balaban J connectivity index is 0.00000208. The number of rotatable bonds is 10. The van der Waals surface area contributed by atoms with Crippen molar-refractivity contribution >= 4 is 78.7 Å². The molecule has 0 atom stereocenters. The minimum absolute atomic E-state index is 0. The van der Waals surface area contributed by atoms with Gasteiger partial charge in [-0.15, -0.1) is 0 Å². The topological polar surface area (TPSA) is 155 Å². The van der Waals surface area contributed by atoms with E-state index in [1.54, 1.807) is 24.3 Å². The average Bonchev–Trinajstić information content (AvgIpc) is 3.00. The maximum absolute atomic E-state index is 13.5. The third-order valence-corrected chi connectivity index (χ3v) is 8.83. The molecule has 2 aliphatic rings. The van der Waals surface area contributed by atoms with Crippen molar-refractivity contribution < 1.29 is 142 Å². The standard InChI is InChI=1S/C34H26N2O8.2K/c37-25(38)5-1-3-15-35-31(41)21-11-7-17-19-9-13-23-30-24(34(44)36(33(23)43)16-4-2-6-26(39)40)14-10-20(28(19)30)18-8-12-22(32(35)42)29(21)27(17)18;;/h7-14H,1-6,15-16H2,(H,37,38)(H,39,40);;/q;2*+1/p-2. The van der Waals surface area contributed by atoms with Crippen LogP contribution in [0.15, 0.2) is 48.5 Å². The van der Waals surface area contributed by atoms with E-state index in [2.05, 4.69) is 0 Å². The van der Waals surface area contributed by atoms with Gasteiger partial charge in [-0.2, -0.15) is 0 Å². The first-order valence-corrected chi connectivity index (χ1v) is 14.5. The number of carboxylic acids is 2. The Labute approximate surface area is 347 Å². The number of carboxylic acid groups (broad SMARTS) is 2. The monoisotopic (exact) mass is 666 g/mol. The molecular weight excluding hydrogens is 643 g/mol. The summed E-state index contributed by atoms with van der Waals surface area (Å²) in [4.78, 5) is 78.0. The minimum Gasteiger partial charge on any atom is -0.550 e. The maximum atomic E-state index is 13.5. The number of imide groups is 2. The van der Waals surface area contributed by atoms with Crippen molar-refractivity contribution in [1.29, 1.82) is 0 Å². The van der Waals surface area contributed by atoms with Crippen LogP contribution in [-0.2, 0) is 9.59 Å².